The van der Waals surface area contributed by atoms with Gasteiger partial charge in [-0.3, -0.25) is 9.59 Å². The van der Waals surface area contributed by atoms with Gasteiger partial charge in [0.1, 0.15) is 6.04 Å². The molecule has 142 valence electrons. The molecule has 2 aromatic carbocycles. The van der Waals surface area contributed by atoms with Crippen molar-refractivity contribution in [3.05, 3.63) is 65.2 Å². The molecule has 3 rings (SSSR count). The van der Waals surface area contributed by atoms with Crippen LogP contribution in [0.15, 0.2) is 48.5 Å². The van der Waals surface area contributed by atoms with E-state index in [0.29, 0.717) is 18.9 Å². The van der Waals surface area contributed by atoms with Gasteiger partial charge in [-0.2, -0.15) is 0 Å². The zero-order chi connectivity index (χ0) is 19.4. The predicted octanol–water partition coefficient (Wildman–Crippen LogP) is 2.97. The summed E-state index contributed by atoms with van der Waals surface area (Å²) in [6, 6.07) is 15.0. The average molecular weight is 365 g/mol. The molecule has 27 heavy (non-hydrogen) atoms. The Morgan fingerprint density at radius 2 is 1.67 bits per heavy atom. The van der Waals surface area contributed by atoms with E-state index in [4.69, 9.17) is 0 Å². The number of carbonyl (C=O) groups excluding carboxylic acids is 2. The summed E-state index contributed by atoms with van der Waals surface area (Å²) in [5.41, 5.74) is 4.35. The third-order valence-corrected chi connectivity index (χ3v) is 4.99. The highest BCUT2D eigenvalue weighted by Crippen LogP contribution is 2.18. The number of nitrogens with one attached hydrogen (secondary N) is 3. The van der Waals surface area contributed by atoms with E-state index in [-0.39, 0.29) is 17.9 Å². The maximum Gasteiger partial charge on any atom is 0.246 e. The maximum absolute atomic E-state index is 12.5. The van der Waals surface area contributed by atoms with Gasteiger partial charge in [-0.15, -0.1) is 0 Å². The van der Waals surface area contributed by atoms with E-state index in [1.54, 1.807) is 6.92 Å². The van der Waals surface area contributed by atoms with Crippen molar-refractivity contribution < 1.29 is 9.59 Å². The molecule has 5 heteroatoms. The van der Waals surface area contributed by atoms with E-state index in [1.165, 1.54) is 16.7 Å². The normalized spacial score (nSPS) is 17.1. The van der Waals surface area contributed by atoms with Gasteiger partial charge in [-0.1, -0.05) is 50.2 Å². The molecule has 2 aromatic rings. The van der Waals surface area contributed by atoms with Crippen molar-refractivity contribution in [3.8, 4) is 0 Å². The lowest BCUT2D eigenvalue weighted by atomic mass is 9.95. The Hall–Kier alpha value is -2.66. The van der Waals surface area contributed by atoms with E-state index in [2.05, 4.69) is 35.9 Å². The Kier molecular flexibility index (Phi) is 5.91. The van der Waals surface area contributed by atoms with Gasteiger partial charge < -0.3 is 16.0 Å². The molecular weight excluding hydrogens is 338 g/mol. The fraction of sp³-hybridized carbons (Fsp3) is 0.364. The summed E-state index contributed by atoms with van der Waals surface area (Å²) < 4.78 is 0. The van der Waals surface area contributed by atoms with E-state index in [0.717, 1.165) is 5.69 Å². The zero-order valence-corrected chi connectivity index (χ0v) is 16.1. The molecule has 2 atom stereocenters. The van der Waals surface area contributed by atoms with E-state index in [9.17, 15) is 9.59 Å². The lowest BCUT2D eigenvalue weighted by Crippen LogP contribution is -2.52. The van der Waals surface area contributed by atoms with Crippen LogP contribution in [0.4, 0.5) is 5.69 Å². The summed E-state index contributed by atoms with van der Waals surface area (Å²) >= 11 is 0. The first kappa shape index (κ1) is 19.1. The van der Waals surface area contributed by atoms with Gasteiger partial charge in [0.25, 0.3) is 0 Å². The van der Waals surface area contributed by atoms with Gasteiger partial charge in [0.2, 0.25) is 11.8 Å². The number of benzene rings is 2. The third kappa shape index (κ3) is 4.74. The van der Waals surface area contributed by atoms with Crippen molar-refractivity contribution in [2.45, 2.75) is 51.7 Å². The monoisotopic (exact) mass is 365 g/mol. The molecule has 0 radical (unpaired) electrons. The minimum absolute atomic E-state index is 0.151. The van der Waals surface area contributed by atoms with E-state index < -0.39 is 6.04 Å². The smallest absolute Gasteiger partial charge is 0.246 e. The quantitative estimate of drug-likeness (QED) is 0.763. The Labute approximate surface area is 160 Å². The fourth-order valence-electron chi connectivity index (χ4n) is 3.22. The average Bonchev–Trinajstić information content (AvgIpc) is 2.67. The van der Waals surface area contributed by atoms with Crippen LogP contribution < -0.4 is 16.0 Å². The standard InChI is InChI=1S/C22H27N3O2/c1-14(2)16-8-10-19(11-9-16)25-21(26)15(3)24-22(27)20-12-17-6-4-5-7-18(17)13-23-20/h4-11,14-15,20,23H,12-13H2,1-3H3,(H,24,27)(H,25,26)/t15-,20-/m0/s1. The summed E-state index contributed by atoms with van der Waals surface area (Å²) in [6.07, 6.45) is 0.632. The van der Waals surface area contributed by atoms with Crippen LogP contribution in [0.2, 0.25) is 0 Å². The second-order valence-electron chi connectivity index (χ2n) is 7.40. The largest absolute Gasteiger partial charge is 0.343 e. The Balaban J connectivity index is 1.54. The number of hydrogen-bond donors (Lipinski definition) is 3. The Morgan fingerprint density at radius 3 is 2.33 bits per heavy atom. The molecule has 0 fully saturated rings. The lowest BCUT2D eigenvalue weighted by Gasteiger charge is -2.26. The van der Waals surface area contributed by atoms with Crippen LogP contribution in [0.3, 0.4) is 0 Å². The molecule has 0 spiro atoms. The second kappa shape index (κ2) is 8.35. The van der Waals surface area contributed by atoms with E-state index >= 15 is 0 Å². The maximum atomic E-state index is 12.5. The molecule has 5 nitrogen and oxygen atoms in total. The minimum Gasteiger partial charge on any atom is -0.343 e. The lowest BCUT2D eigenvalue weighted by molar-refractivity contribution is -0.127. The fourth-order valence-corrected chi connectivity index (χ4v) is 3.22. The SMILES string of the molecule is CC(C)c1ccc(NC(=O)[C@H](C)NC(=O)[C@@H]2Cc3ccccc3CN2)cc1. The first-order valence-corrected chi connectivity index (χ1v) is 9.45. The van der Waals surface area contributed by atoms with Gasteiger partial charge in [0, 0.05) is 12.2 Å². The topological polar surface area (TPSA) is 70.2 Å². The van der Waals surface area contributed by atoms with Crippen LogP contribution in [0, 0.1) is 0 Å². The molecule has 0 bridgehead atoms. The van der Waals surface area contributed by atoms with Crippen LogP contribution in [0.5, 0.6) is 0 Å². The number of hydrogen-bond acceptors (Lipinski definition) is 3. The van der Waals surface area contributed by atoms with Crippen molar-refractivity contribution in [1.29, 1.82) is 0 Å². The van der Waals surface area contributed by atoms with Crippen LogP contribution in [-0.4, -0.2) is 23.9 Å². The van der Waals surface area contributed by atoms with Crippen LogP contribution in [0.1, 0.15) is 43.4 Å². The molecule has 0 aliphatic carbocycles. The number of carbonyl (C=O) groups is 2. The molecule has 1 heterocycles. The number of amides is 2. The number of anilines is 1. The van der Waals surface area contributed by atoms with Gasteiger partial charge in [0.15, 0.2) is 0 Å². The second-order valence-corrected chi connectivity index (χ2v) is 7.40. The third-order valence-electron chi connectivity index (χ3n) is 4.99. The first-order chi connectivity index (χ1) is 12.9. The van der Waals surface area contributed by atoms with Gasteiger partial charge in [-0.25, -0.2) is 0 Å². The molecule has 1 aliphatic heterocycles. The van der Waals surface area contributed by atoms with Crippen LogP contribution >= 0.6 is 0 Å². The first-order valence-electron chi connectivity index (χ1n) is 9.45. The van der Waals surface area contributed by atoms with Gasteiger partial charge >= 0.3 is 0 Å². The van der Waals surface area contributed by atoms with Crippen molar-refractivity contribution in [3.63, 3.8) is 0 Å². The number of rotatable bonds is 5. The van der Waals surface area contributed by atoms with Crippen molar-refractivity contribution >= 4 is 17.5 Å². The highest BCUT2D eigenvalue weighted by Gasteiger charge is 2.26. The Morgan fingerprint density at radius 1 is 1.00 bits per heavy atom. The molecule has 0 aromatic heterocycles. The minimum atomic E-state index is -0.610. The summed E-state index contributed by atoms with van der Waals surface area (Å²) in [5, 5.41) is 8.92. The summed E-state index contributed by atoms with van der Waals surface area (Å²) in [5.74, 6) is 0.0697. The van der Waals surface area contributed by atoms with Crippen molar-refractivity contribution in [1.82, 2.24) is 10.6 Å². The summed E-state index contributed by atoms with van der Waals surface area (Å²) in [7, 11) is 0. The van der Waals surface area contributed by atoms with E-state index in [1.807, 2.05) is 42.5 Å². The Bertz CT molecular complexity index is 815. The van der Waals surface area contributed by atoms with Crippen LogP contribution in [0.25, 0.3) is 0 Å². The molecule has 0 saturated heterocycles. The molecule has 2 amide bonds. The van der Waals surface area contributed by atoms with Gasteiger partial charge in [0.05, 0.1) is 6.04 Å². The molecular formula is C22H27N3O2. The number of fused-ring (bicyclic) bond motifs is 1. The van der Waals surface area contributed by atoms with Crippen molar-refractivity contribution in [2.24, 2.45) is 0 Å². The summed E-state index contributed by atoms with van der Waals surface area (Å²) in [6.45, 7) is 6.62. The highest BCUT2D eigenvalue weighted by molar-refractivity contribution is 5.97. The molecule has 0 unspecified atom stereocenters. The van der Waals surface area contributed by atoms with Gasteiger partial charge in [-0.05, 0) is 48.1 Å². The van der Waals surface area contributed by atoms with Crippen LogP contribution in [-0.2, 0) is 22.6 Å². The highest BCUT2D eigenvalue weighted by atomic mass is 16.2. The van der Waals surface area contributed by atoms with Crippen molar-refractivity contribution in [2.75, 3.05) is 5.32 Å². The molecule has 0 saturated carbocycles. The zero-order valence-electron chi connectivity index (χ0n) is 16.1. The molecule has 3 N–H and O–H groups in total. The predicted molar refractivity (Wildman–Crippen MR) is 108 cm³/mol. The summed E-state index contributed by atoms with van der Waals surface area (Å²) in [4.78, 5) is 24.9. The molecule has 1 aliphatic rings.